The molecule has 0 aromatic rings. The lowest BCUT2D eigenvalue weighted by Crippen LogP contribution is -2.66. The van der Waals surface area contributed by atoms with Crippen LogP contribution in [0.2, 0.25) is 0 Å². The van der Waals surface area contributed by atoms with E-state index in [0.717, 1.165) is 12.8 Å². The number of hydrogen-bond acceptors (Lipinski definition) is 17. The summed E-state index contributed by atoms with van der Waals surface area (Å²) in [4.78, 5) is 10.3. The Morgan fingerprint density at radius 3 is 1.26 bits per heavy atom. The van der Waals surface area contributed by atoms with Crippen LogP contribution in [-0.4, -0.2) is 179 Å². The molecule has 0 bridgehead atoms. The quantitative estimate of drug-likeness (QED) is 0.0539. The summed E-state index contributed by atoms with van der Waals surface area (Å²) in [6, 6.07) is 0. The number of aliphatic hydroxyl groups excluding tert-OH is 11. The molecule has 3 aliphatic rings. The van der Waals surface area contributed by atoms with Gasteiger partial charge in [-0.15, -0.1) is 0 Å². The molecule has 3 saturated heterocycles. The van der Waals surface area contributed by atoms with Gasteiger partial charge in [-0.25, -0.2) is 0 Å². The Morgan fingerprint density at radius 2 is 0.833 bits per heavy atom. The minimum atomic E-state index is -1.91. The van der Waals surface area contributed by atoms with Gasteiger partial charge in [0.2, 0.25) is 0 Å². The lowest BCUT2D eigenvalue weighted by Gasteiger charge is -2.47. The van der Waals surface area contributed by atoms with E-state index in [1.54, 1.807) is 0 Å². The second-order valence-electron chi connectivity index (χ2n) is 14.4. The molecule has 0 aromatic carbocycles. The average Bonchev–Trinajstić information content (AvgIpc) is 3.16. The van der Waals surface area contributed by atoms with Crippen molar-refractivity contribution >= 4 is 5.97 Å². The number of carboxylic acids is 1. The monoisotopic (exact) mass is 788 g/mol. The Morgan fingerprint density at radius 1 is 0.463 bits per heavy atom. The first-order valence-corrected chi connectivity index (χ1v) is 19.6. The molecule has 18 heteroatoms. The summed E-state index contributed by atoms with van der Waals surface area (Å²) in [6.45, 7) is -0.0512. The summed E-state index contributed by atoms with van der Waals surface area (Å²) < 4.78 is 26.4. The molecule has 3 rings (SSSR count). The molecule has 3 fully saturated rings. The summed E-state index contributed by atoms with van der Waals surface area (Å²) in [5.41, 5.74) is 0. The van der Waals surface area contributed by atoms with Crippen LogP contribution in [0.15, 0.2) is 0 Å². The highest BCUT2D eigenvalue weighted by molar-refractivity contribution is 5.66. The fourth-order valence-corrected chi connectivity index (χ4v) is 6.71. The minimum Gasteiger partial charge on any atom is -0.481 e. The highest BCUT2D eigenvalue weighted by Gasteiger charge is 2.53. The highest BCUT2D eigenvalue weighted by atomic mass is 16.8. The van der Waals surface area contributed by atoms with Crippen LogP contribution < -0.4 is 0 Å². The smallest absolute Gasteiger partial charge is 0.303 e. The van der Waals surface area contributed by atoms with Gasteiger partial charge < -0.3 is 85.0 Å². The first kappa shape index (κ1) is 49.0. The van der Waals surface area contributed by atoms with Gasteiger partial charge in [0.25, 0.3) is 0 Å². The van der Waals surface area contributed by atoms with Crippen LogP contribution in [0, 0.1) is 0 Å². The van der Waals surface area contributed by atoms with Gasteiger partial charge in [0.05, 0.1) is 19.8 Å². The van der Waals surface area contributed by atoms with Crippen molar-refractivity contribution in [3.63, 3.8) is 0 Å². The van der Waals surface area contributed by atoms with Gasteiger partial charge in [0, 0.05) is 6.42 Å². The van der Waals surface area contributed by atoms with E-state index in [1.165, 1.54) is 83.5 Å². The van der Waals surface area contributed by atoms with Crippen molar-refractivity contribution in [2.24, 2.45) is 0 Å². The van der Waals surface area contributed by atoms with E-state index >= 15 is 0 Å². The van der Waals surface area contributed by atoms with Crippen LogP contribution >= 0.6 is 0 Å². The van der Waals surface area contributed by atoms with Crippen LogP contribution in [0.25, 0.3) is 0 Å². The van der Waals surface area contributed by atoms with Crippen molar-refractivity contribution in [3.8, 4) is 0 Å². The van der Waals surface area contributed by atoms with Gasteiger partial charge in [-0.1, -0.05) is 96.8 Å². The molecule has 0 spiro atoms. The Labute approximate surface area is 317 Å². The highest BCUT2D eigenvalue weighted by Crippen LogP contribution is 2.32. The third kappa shape index (κ3) is 15.6. The van der Waals surface area contributed by atoms with Crippen LogP contribution in [0.1, 0.15) is 110 Å². The van der Waals surface area contributed by atoms with Crippen molar-refractivity contribution in [1.29, 1.82) is 0 Å². The molecule has 0 radical (unpaired) electrons. The summed E-state index contributed by atoms with van der Waals surface area (Å²) in [6.07, 6.45) is -4.95. The molecular formula is C36H68O18. The van der Waals surface area contributed by atoms with E-state index in [4.69, 9.17) is 28.8 Å². The number of aliphatic carboxylic acids is 1. The van der Waals surface area contributed by atoms with Crippen LogP contribution in [-0.2, 0) is 28.5 Å². The standard InChI is InChI=1S/C18H32O16.C18H36O2/c19-1-4-7(22)8(23)12(27)17(31-4)34-15-6(3-21)32-18(13(28)10(15)25)33-14-5(2-20)30-16(29)11(26)9(14)24;1-2-3-4-5-6-7-8-9-10-11-12-13-14-15-16-17-18(19)20/h4-29H,1-3H2;2-17H2,1H3,(H,19,20)/t4-,5-,6-,7-,8+,9-,10-,11-,12-,13-,14-,15-,16+,17?,18?;/m1./s1. The summed E-state index contributed by atoms with van der Waals surface area (Å²) >= 11 is 0. The van der Waals surface area contributed by atoms with Gasteiger partial charge in [0.1, 0.15) is 73.2 Å². The predicted octanol–water partition coefficient (Wildman–Crippen LogP) is -1.24. The topological polar surface area (TPSA) is 306 Å². The third-order valence-electron chi connectivity index (χ3n) is 10.1. The average molecular weight is 789 g/mol. The van der Waals surface area contributed by atoms with Crippen molar-refractivity contribution in [3.05, 3.63) is 0 Å². The minimum absolute atomic E-state index is 0.345. The number of rotatable bonds is 23. The first-order chi connectivity index (χ1) is 25.8. The number of unbranched alkanes of at least 4 members (excludes halogenated alkanes) is 14. The zero-order chi connectivity index (χ0) is 40.2. The maximum Gasteiger partial charge on any atom is 0.303 e. The normalized spacial score (nSPS) is 37.1. The largest absolute Gasteiger partial charge is 0.481 e. The van der Waals surface area contributed by atoms with Crippen molar-refractivity contribution < 1.29 is 89.8 Å². The Hall–Kier alpha value is -1.17. The van der Waals surface area contributed by atoms with E-state index in [-0.39, 0.29) is 0 Å². The maximum absolute atomic E-state index is 10.6. The summed E-state index contributed by atoms with van der Waals surface area (Å²) in [5, 5.41) is 118. The lowest BCUT2D eigenvalue weighted by atomic mass is 9.96. The second-order valence-corrected chi connectivity index (χ2v) is 14.4. The molecular weight excluding hydrogens is 720 g/mol. The van der Waals surface area contributed by atoms with E-state index < -0.39 is 118 Å². The fraction of sp³-hybridized carbons (Fsp3) is 0.972. The fourth-order valence-electron chi connectivity index (χ4n) is 6.71. The van der Waals surface area contributed by atoms with Gasteiger partial charge >= 0.3 is 5.97 Å². The molecule has 0 amide bonds. The Balaban J connectivity index is 0.000000432. The molecule has 320 valence electrons. The Bertz CT molecular complexity index is 974. The lowest BCUT2D eigenvalue weighted by molar-refractivity contribution is -0.377. The van der Waals surface area contributed by atoms with Gasteiger partial charge in [-0.2, -0.15) is 0 Å². The van der Waals surface area contributed by atoms with E-state index in [1.807, 2.05) is 0 Å². The summed E-state index contributed by atoms with van der Waals surface area (Å²) in [7, 11) is 0. The van der Waals surface area contributed by atoms with Gasteiger partial charge in [0.15, 0.2) is 18.9 Å². The number of carbonyl (C=O) groups is 1. The molecule has 18 nitrogen and oxygen atoms in total. The third-order valence-corrected chi connectivity index (χ3v) is 10.1. The predicted molar refractivity (Wildman–Crippen MR) is 188 cm³/mol. The first-order valence-electron chi connectivity index (χ1n) is 19.6. The zero-order valence-electron chi connectivity index (χ0n) is 31.4. The number of hydrogen-bond donors (Lipinski definition) is 12. The molecule has 54 heavy (non-hydrogen) atoms. The van der Waals surface area contributed by atoms with Gasteiger partial charge in [-0.3, -0.25) is 4.79 Å². The van der Waals surface area contributed by atoms with Gasteiger partial charge in [-0.05, 0) is 6.42 Å². The molecule has 2 unspecified atom stereocenters. The number of carboxylic acid groups (broad SMARTS) is 1. The second kappa shape index (κ2) is 26.7. The SMILES string of the molecule is CCCCCCCCCCCCCCCCCC(=O)O.OC[C@H]1OC(O[C@H]2[C@H](O)[C@@H](O)C(O[C@H]3[C@H](O)[C@@H](O)[C@@H](O)O[C@@H]3CO)O[C@@H]2CO)[C@H](O)[C@@H](O)[C@@H]1O. The maximum atomic E-state index is 10.6. The van der Waals surface area contributed by atoms with E-state index in [2.05, 4.69) is 6.92 Å². The van der Waals surface area contributed by atoms with E-state index in [0.29, 0.717) is 6.42 Å². The van der Waals surface area contributed by atoms with E-state index in [9.17, 15) is 61.0 Å². The molecule has 0 aromatic heterocycles. The van der Waals surface area contributed by atoms with Crippen LogP contribution in [0.3, 0.4) is 0 Å². The van der Waals surface area contributed by atoms with Crippen molar-refractivity contribution in [2.75, 3.05) is 19.8 Å². The van der Waals surface area contributed by atoms with Crippen LogP contribution in [0.4, 0.5) is 0 Å². The number of aliphatic hydroxyl groups is 11. The molecule has 12 N–H and O–H groups in total. The molecule has 3 aliphatic heterocycles. The Kier molecular flexibility index (Phi) is 24.2. The molecule has 15 atom stereocenters. The van der Waals surface area contributed by atoms with Crippen molar-refractivity contribution in [1.82, 2.24) is 0 Å². The number of ether oxygens (including phenoxy) is 5. The van der Waals surface area contributed by atoms with Crippen LogP contribution in [0.5, 0.6) is 0 Å². The molecule has 0 aliphatic carbocycles. The zero-order valence-corrected chi connectivity index (χ0v) is 31.4. The molecule has 3 heterocycles. The summed E-state index contributed by atoms with van der Waals surface area (Å²) in [5.74, 6) is -0.653. The van der Waals surface area contributed by atoms with Crippen molar-refractivity contribution in [2.45, 2.75) is 202 Å². The molecule has 0 saturated carbocycles.